The Labute approximate surface area is 180 Å². The monoisotopic (exact) mass is 487 g/mol. The highest BCUT2D eigenvalue weighted by atomic mass is 127. The lowest BCUT2D eigenvalue weighted by atomic mass is 10.0. The Kier molecular flexibility index (Phi) is 10.1. The summed E-state index contributed by atoms with van der Waals surface area (Å²) in [5.41, 5.74) is 8.24. The van der Waals surface area contributed by atoms with Gasteiger partial charge in [-0.3, -0.25) is 14.7 Å². The molecule has 0 bridgehead atoms. The van der Waals surface area contributed by atoms with Crippen molar-refractivity contribution in [3.63, 3.8) is 0 Å². The lowest BCUT2D eigenvalue weighted by Gasteiger charge is -2.25. The largest absolute Gasteiger partial charge is 0.370 e. The summed E-state index contributed by atoms with van der Waals surface area (Å²) in [5, 5.41) is 3.16. The molecule has 0 aliphatic carbocycles. The van der Waals surface area contributed by atoms with E-state index in [4.69, 9.17) is 5.73 Å². The van der Waals surface area contributed by atoms with Crippen LogP contribution in [0.4, 0.5) is 5.69 Å². The van der Waals surface area contributed by atoms with Crippen LogP contribution in [0.1, 0.15) is 44.6 Å². The Morgan fingerprint density at radius 3 is 2.81 bits per heavy atom. The Hall–Kier alpha value is -1.35. The minimum atomic E-state index is 0. The van der Waals surface area contributed by atoms with Crippen LogP contribution >= 0.6 is 24.0 Å². The van der Waals surface area contributed by atoms with E-state index in [1.807, 2.05) is 26.2 Å². The number of aliphatic imine (C=N–C) groups is 1. The number of amides is 1. The summed E-state index contributed by atoms with van der Waals surface area (Å²) >= 11 is 0. The molecule has 0 aromatic heterocycles. The molecule has 1 amide bonds. The maximum Gasteiger partial charge on any atom is 0.239 e. The van der Waals surface area contributed by atoms with E-state index in [9.17, 15) is 4.79 Å². The van der Waals surface area contributed by atoms with Crippen LogP contribution < -0.4 is 11.1 Å². The van der Waals surface area contributed by atoms with Crippen LogP contribution in [0.2, 0.25) is 0 Å². The SMILES string of the molecule is CC(C)c1cccc(NC(N)=NCCCN2CCCC2C(=O)N(C)C)c1.I. The highest BCUT2D eigenvalue weighted by Crippen LogP contribution is 2.19. The number of rotatable bonds is 7. The summed E-state index contributed by atoms with van der Waals surface area (Å²) in [6, 6.07) is 8.28. The molecular weight excluding hydrogens is 453 g/mol. The average molecular weight is 487 g/mol. The number of hydrogen-bond acceptors (Lipinski definition) is 3. The number of anilines is 1. The van der Waals surface area contributed by atoms with Crippen molar-refractivity contribution in [3.05, 3.63) is 29.8 Å². The van der Waals surface area contributed by atoms with Crippen LogP contribution in [-0.2, 0) is 4.79 Å². The van der Waals surface area contributed by atoms with Gasteiger partial charge in [-0.1, -0.05) is 26.0 Å². The fourth-order valence-electron chi connectivity index (χ4n) is 3.31. The lowest BCUT2D eigenvalue weighted by molar-refractivity contribution is -0.133. The third-order valence-electron chi connectivity index (χ3n) is 4.80. The van der Waals surface area contributed by atoms with Crippen molar-refractivity contribution in [2.75, 3.05) is 39.0 Å². The van der Waals surface area contributed by atoms with E-state index in [1.165, 1.54) is 5.56 Å². The molecule has 1 heterocycles. The molecule has 152 valence electrons. The second kappa shape index (κ2) is 11.5. The van der Waals surface area contributed by atoms with Crippen LogP contribution in [0.15, 0.2) is 29.3 Å². The van der Waals surface area contributed by atoms with E-state index < -0.39 is 0 Å². The number of likely N-dealkylation sites (tertiary alicyclic amines) is 1. The molecule has 27 heavy (non-hydrogen) atoms. The highest BCUT2D eigenvalue weighted by Gasteiger charge is 2.30. The molecule has 1 aliphatic heterocycles. The highest BCUT2D eigenvalue weighted by molar-refractivity contribution is 14.0. The number of halogens is 1. The Morgan fingerprint density at radius 1 is 1.41 bits per heavy atom. The maximum absolute atomic E-state index is 12.2. The van der Waals surface area contributed by atoms with Gasteiger partial charge in [-0.25, -0.2) is 0 Å². The van der Waals surface area contributed by atoms with E-state index in [2.05, 4.69) is 41.2 Å². The number of guanidine groups is 1. The smallest absolute Gasteiger partial charge is 0.239 e. The van der Waals surface area contributed by atoms with Crippen molar-refractivity contribution in [1.29, 1.82) is 0 Å². The van der Waals surface area contributed by atoms with Gasteiger partial charge >= 0.3 is 0 Å². The molecule has 7 heteroatoms. The second-order valence-corrected chi connectivity index (χ2v) is 7.45. The Morgan fingerprint density at radius 2 is 2.15 bits per heavy atom. The molecule has 1 aromatic carbocycles. The quantitative estimate of drug-likeness (QED) is 0.268. The second-order valence-electron chi connectivity index (χ2n) is 7.45. The lowest BCUT2D eigenvalue weighted by Crippen LogP contribution is -2.43. The minimum Gasteiger partial charge on any atom is -0.370 e. The van der Waals surface area contributed by atoms with Gasteiger partial charge in [-0.2, -0.15) is 0 Å². The summed E-state index contributed by atoms with van der Waals surface area (Å²) in [6.45, 7) is 6.86. The van der Waals surface area contributed by atoms with Crippen molar-refractivity contribution in [1.82, 2.24) is 9.80 Å². The molecule has 0 spiro atoms. The fourth-order valence-corrected chi connectivity index (χ4v) is 3.31. The average Bonchev–Trinajstić information content (AvgIpc) is 3.06. The van der Waals surface area contributed by atoms with Crippen molar-refractivity contribution in [2.24, 2.45) is 10.7 Å². The number of hydrogen-bond donors (Lipinski definition) is 2. The molecule has 6 nitrogen and oxygen atoms in total. The Balaban J connectivity index is 0.00000364. The molecule has 1 unspecified atom stereocenters. The molecule has 3 N–H and O–H groups in total. The van der Waals surface area contributed by atoms with E-state index in [0.717, 1.165) is 38.0 Å². The van der Waals surface area contributed by atoms with Crippen molar-refractivity contribution in [3.8, 4) is 0 Å². The molecule has 1 atom stereocenters. The first-order valence-electron chi connectivity index (χ1n) is 9.50. The van der Waals surface area contributed by atoms with Gasteiger partial charge in [-0.15, -0.1) is 24.0 Å². The van der Waals surface area contributed by atoms with Gasteiger partial charge in [0.15, 0.2) is 5.96 Å². The van der Waals surface area contributed by atoms with Crippen molar-refractivity contribution in [2.45, 2.75) is 45.1 Å². The molecule has 1 fully saturated rings. The maximum atomic E-state index is 12.2. The third-order valence-corrected chi connectivity index (χ3v) is 4.80. The topological polar surface area (TPSA) is 74.0 Å². The van der Waals surface area contributed by atoms with E-state index in [0.29, 0.717) is 18.4 Å². The van der Waals surface area contributed by atoms with Crippen LogP contribution in [0, 0.1) is 0 Å². The Bertz CT molecular complexity index is 633. The van der Waals surface area contributed by atoms with Crippen molar-refractivity contribution < 1.29 is 4.79 Å². The molecule has 0 saturated carbocycles. The zero-order valence-corrected chi connectivity index (χ0v) is 19.3. The first-order chi connectivity index (χ1) is 12.4. The van der Waals surface area contributed by atoms with E-state index in [-0.39, 0.29) is 35.9 Å². The van der Waals surface area contributed by atoms with Crippen LogP contribution in [-0.4, -0.2) is 61.4 Å². The minimum absolute atomic E-state index is 0. The summed E-state index contributed by atoms with van der Waals surface area (Å²) in [5.74, 6) is 1.12. The standard InChI is InChI=1S/C20H33N5O.HI/c1-15(2)16-8-5-9-17(14-16)23-20(21)22-11-7-13-25-12-6-10-18(25)19(26)24(3)4;/h5,8-9,14-15,18H,6-7,10-13H2,1-4H3,(H3,21,22,23);1H. The summed E-state index contributed by atoms with van der Waals surface area (Å²) in [6.07, 6.45) is 2.94. The predicted molar refractivity (Wildman–Crippen MR) is 124 cm³/mol. The zero-order chi connectivity index (χ0) is 19.1. The van der Waals surface area contributed by atoms with Crippen LogP contribution in [0.5, 0.6) is 0 Å². The summed E-state index contributed by atoms with van der Waals surface area (Å²) in [7, 11) is 3.65. The number of benzene rings is 1. The van der Waals surface area contributed by atoms with Gasteiger partial charge in [0.05, 0.1) is 6.04 Å². The van der Waals surface area contributed by atoms with Gasteiger partial charge < -0.3 is 16.0 Å². The number of carbonyl (C=O) groups excluding carboxylic acids is 1. The molecular formula is C20H34IN5O. The molecule has 2 rings (SSSR count). The molecule has 0 radical (unpaired) electrons. The van der Waals surface area contributed by atoms with Gasteiger partial charge in [-0.05, 0) is 49.4 Å². The van der Waals surface area contributed by atoms with E-state index >= 15 is 0 Å². The fraction of sp³-hybridized carbons (Fsp3) is 0.600. The number of nitrogens with two attached hydrogens (primary N) is 1. The first kappa shape index (κ1) is 23.7. The summed E-state index contributed by atoms with van der Waals surface area (Å²) in [4.78, 5) is 20.6. The van der Waals surface area contributed by atoms with Crippen LogP contribution in [0.3, 0.4) is 0 Å². The molecule has 1 saturated heterocycles. The van der Waals surface area contributed by atoms with Crippen molar-refractivity contribution >= 4 is 41.5 Å². The van der Waals surface area contributed by atoms with Crippen LogP contribution in [0.25, 0.3) is 0 Å². The number of carbonyl (C=O) groups is 1. The number of likely N-dealkylation sites (N-methyl/N-ethyl adjacent to an activating group) is 1. The van der Waals surface area contributed by atoms with Gasteiger partial charge in [0.25, 0.3) is 0 Å². The number of nitrogens with zero attached hydrogens (tertiary/aromatic N) is 3. The molecule has 1 aromatic rings. The molecule has 1 aliphatic rings. The zero-order valence-electron chi connectivity index (χ0n) is 16.9. The predicted octanol–water partition coefficient (Wildman–Crippen LogP) is 3.10. The number of nitrogens with one attached hydrogen (secondary N) is 1. The van der Waals surface area contributed by atoms with Gasteiger partial charge in [0, 0.05) is 32.9 Å². The normalized spacial score (nSPS) is 17.7. The first-order valence-corrected chi connectivity index (χ1v) is 9.50. The summed E-state index contributed by atoms with van der Waals surface area (Å²) < 4.78 is 0. The third kappa shape index (κ3) is 7.29. The van der Waals surface area contributed by atoms with Gasteiger partial charge in [0.2, 0.25) is 5.91 Å². The van der Waals surface area contributed by atoms with Gasteiger partial charge in [0.1, 0.15) is 0 Å². The van der Waals surface area contributed by atoms with E-state index in [1.54, 1.807) is 4.90 Å².